The smallest absolute Gasteiger partial charge is 0.387 e. The number of aliphatic hydroxyl groups is 1. The van der Waals surface area contributed by atoms with Crippen molar-refractivity contribution in [1.29, 1.82) is 0 Å². The minimum atomic E-state index is -2.92. The zero-order chi connectivity index (χ0) is 15.4. The van der Waals surface area contributed by atoms with Crippen LogP contribution < -0.4 is 4.74 Å². The topological polar surface area (TPSA) is 47.3 Å². The van der Waals surface area contributed by atoms with Gasteiger partial charge in [-0.15, -0.1) is 0 Å². The molecule has 1 unspecified atom stereocenters. The number of hydrogen-bond donors (Lipinski definition) is 1. The van der Waals surface area contributed by atoms with E-state index in [2.05, 4.69) is 9.84 Å². The first kappa shape index (κ1) is 15.4. The first-order valence-electron chi connectivity index (χ1n) is 6.73. The Hall–Kier alpha value is -1.95. The fourth-order valence-electron chi connectivity index (χ4n) is 2.04. The van der Waals surface area contributed by atoms with Crippen LogP contribution in [0.3, 0.4) is 0 Å². The van der Waals surface area contributed by atoms with Gasteiger partial charge in [0.15, 0.2) is 0 Å². The van der Waals surface area contributed by atoms with E-state index < -0.39 is 12.7 Å². The van der Waals surface area contributed by atoms with Gasteiger partial charge in [-0.25, -0.2) is 0 Å². The summed E-state index contributed by atoms with van der Waals surface area (Å²) < 4.78 is 30.9. The van der Waals surface area contributed by atoms with E-state index in [0.29, 0.717) is 11.3 Å². The third-order valence-corrected chi connectivity index (χ3v) is 3.09. The number of alkyl halides is 2. The molecule has 0 fully saturated rings. The maximum Gasteiger partial charge on any atom is 0.387 e. The molecular weight excluding hydrogens is 278 g/mol. The third-order valence-electron chi connectivity index (χ3n) is 3.09. The Bertz CT molecular complexity index is 585. The van der Waals surface area contributed by atoms with Crippen LogP contribution in [0.1, 0.15) is 37.3 Å². The van der Waals surface area contributed by atoms with Gasteiger partial charge in [0, 0.05) is 24.2 Å². The summed E-state index contributed by atoms with van der Waals surface area (Å²) in [6.07, 6.45) is 1.12. The number of ether oxygens (including phenoxy) is 1. The first-order chi connectivity index (χ1) is 9.97. The molecule has 0 radical (unpaired) electrons. The third kappa shape index (κ3) is 4.01. The van der Waals surface area contributed by atoms with Gasteiger partial charge < -0.3 is 9.84 Å². The van der Waals surface area contributed by atoms with Gasteiger partial charge in [-0.3, -0.25) is 4.68 Å². The highest BCUT2D eigenvalue weighted by molar-refractivity contribution is 5.35. The molecule has 0 aliphatic carbocycles. The minimum Gasteiger partial charge on any atom is -0.434 e. The van der Waals surface area contributed by atoms with Crippen LogP contribution in [0.2, 0.25) is 0 Å². The molecule has 1 atom stereocenters. The summed E-state index contributed by atoms with van der Waals surface area (Å²) in [5.41, 5.74) is 1.03. The molecule has 0 saturated heterocycles. The van der Waals surface area contributed by atoms with Crippen molar-refractivity contribution in [2.45, 2.75) is 39.0 Å². The second-order valence-electron chi connectivity index (χ2n) is 5.02. The molecule has 0 aliphatic heterocycles. The van der Waals surface area contributed by atoms with Crippen LogP contribution in [0, 0.1) is 0 Å². The average Bonchev–Trinajstić information content (AvgIpc) is 2.87. The Labute approximate surface area is 122 Å². The number of aromatic nitrogens is 2. The van der Waals surface area contributed by atoms with E-state index in [-0.39, 0.29) is 18.2 Å². The molecule has 1 aromatic heterocycles. The normalized spacial score (nSPS) is 12.9. The maximum atomic E-state index is 12.4. The number of hydrogen-bond acceptors (Lipinski definition) is 3. The second kappa shape index (κ2) is 6.67. The molecule has 114 valence electrons. The van der Waals surface area contributed by atoms with Crippen LogP contribution in [0.5, 0.6) is 5.75 Å². The molecule has 1 heterocycles. The predicted octanol–water partition coefficient (Wildman–Crippen LogP) is 3.34. The highest BCUT2D eigenvalue weighted by Gasteiger charge is 2.17. The van der Waals surface area contributed by atoms with Crippen molar-refractivity contribution < 1.29 is 18.6 Å². The van der Waals surface area contributed by atoms with Crippen LogP contribution in [0.15, 0.2) is 36.5 Å². The molecule has 0 spiro atoms. The molecule has 4 nitrogen and oxygen atoms in total. The number of aliphatic hydroxyl groups excluding tert-OH is 1. The molecule has 2 rings (SSSR count). The highest BCUT2D eigenvalue weighted by Crippen LogP contribution is 2.28. The van der Waals surface area contributed by atoms with Crippen LogP contribution in [0.25, 0.3) is 0 Å². The van der Waals surface area contributed by atoms with Crippen molar-refractivity contribution in [3.05, 3.63) is 47.8 Å². The van der Waals surface area contributed by atoms with Gasteiger partial charge in [0.1, 0.15) is 5.75 Å². The monoisotopic (exact) mass is 296 g/mol. The molecule has 1 aromatic carbocycles. The van der Waals surface area contributed by atoms with Gasteiger partial charge in [-0.1, -0.05) is 18.2 Å². The van der Waals surface area contributed by atoms with Gasteiger partial charge >= 0.3 is 6.61 Å². The van der Waals surface area contributed by atoms with E-state index in [4.69, 9.17) is 0 Å². The number of halogens is 2. The Morgan fingerprint density at radius 2 is 1.95 bits per heavy atom. The Balaban J connectivity index is 2.14. The van der Waals surface area contributed by atoms with Gasteiger partial charge in [0.05, 0.1) is 11.8 Å². The van der Waals surface area contributed by atoms with Crippen molar-refractivity contribution in [2.24, 2.45) is 0 Å². The second-order valence-corrected chi connectivity index (χ2v) is 5.02. The molecule has 21 heavy (non-hydrogen) atoms. The quantitative estimate of drug-likeness (QED) is 0.889. The van der Waals surface area contributed by atoms with Crippen molar-refractivity contribution >= 4 is 0 Å². The predicted molar refractivity (Wildman–Crippen MR) is 74.3 cm³/mol. The molecule has 0 aliphatic rings. The van der Waals surface area contributed by atoms with E-state index in [1.54, 1.807) is 28.9 Å². The Morgan fingerprint density at radius 3 is 2.57 bits per heavy atom. The Kier molecular flexibility index (Phi) is 4.90. The zero-order valence-corrected chi connectivity index (χ0v) is 11.9. The van der Waals surface area contributed by atoms with Gasteiger partial charge in [-0.05, 0) is 26.0 Å². The number of rotatable bonds is 6. The lowest BCUT2D eigenvalue weighted by Gasteiger charge is -2.15. The first-order valence-corrected chi connectivity index (χ1v) is 6.73. The summed E-state index contributed by atoms with van der Waals surface area (Å²) in [7, 11) is 0. The van der Waals surface area contributed by atoms with Gasteiger partial charge in [0.25, 0.3) is 0 Å². The summed E-state index contributed by atoms with van der Waals surface area (Å²) in [6, 6.07) is 8.27. The van der Waals surface area contributed by atoms with E-state index >= 15 is 0 Å². The van der Waals surface area contributed by atoms with E-state index in [1.165, 1.54) is 6.07 Å². The lowest BCUT2D eigenvalue weighted by molar-refractivity contribution is -0.0515. The zero-order valence-electron chi connectivity index (χ0n) is 11.9. The van der Waals surface area contributed by atoms with E-state index in [9.17, 15) is 13.9 Å². The average molecular weight is 296 g/mol. The molecule has 0 bridgehead atoms. The molecule has 1 N–H and O–H groups in total. The van der Waals surface area contributed by atoms with Crippen molar-refractivity contribution in [3.8, 4) is 5.75 Å². The fourth-order valence-corrected chi connectivity index (χ4v) is 2.04. The SMILES string of the molecule is CC(C)n1ccc(CC(O)c2ccccc2OC(F)F)n1. The van der Waals surface area contributed by atoms with Crippen molar-refractivity contribution in [1.82, 2.24) is 9.78 Å². The summed E-state index contributed by atoms with van der Waals surface area (Å²) >= 11 is 0. The number of nitrogens with zero attached hydrogens (tertiary/aromatic N) is 2. The number of para-hydroxylation sites is 1. The highest BCUT2D eigenvalue weighted by atomic mass is 19.3. The lowest BCUT2D eigenvalue weighted by Crippen LogP contribution is -2.09. The van der Waals surface area contributed by atoms with Crippen molar-refractivity contribution in [2.75, 3.05) is 0 Å². The summed E-state index contributed by atoms with van der Waals surface area (Å²) in [4.78, 5) is 0. The largest absolute Gasteiger partial charge is 0.434 e. The minimum absolute atomic E-state index is 0.0108. The Morgan fingerprint density at radius 1 is 1.24 bits per heavy atom. The standard InChI is InChI=1S/C15H18F2N2O2/c1-10(2)19-8-7-11(18-19)9-13(20)12-5-3-4-6-14(12)21-15(16)17/h3-8,10,13,15,20H,9H2,1-2H3. The van der Waals surface area contributed by atoms with Crippen LogP contribution in [-0.4, -0.2) is 21.5 Å². The molecular formula is C15H18F2N2O2. The fraction of sp³-hybridized carbons (Fsp3) is 0.400. The van der Waals surface area contributed by atoms with Crippen LogP contribution in [-0.2, 0) is 6.42 Å². The lowest BCUT2D eigenvalue weighted by atomic mass is 10.0. The summed E-state index contributed by atoms with van der Waals surface area (Å²) in [5, 5.41) is 14.6. The molecule has 0 saturated carbocycles. The number of benzene rings is 1. The molecule has 2 aromatic rings. The van der Waals surface area contributed by atoms with Gasteiger partial charge in [0.2, 0.25) is 0 Å². The van der Waals surface area contributed by atoms with E-state index in [0.717, 1.165) is 0 Å². The van der Waals surface area contributed by atoms with Gasteiger partial charge in [-0.2, -0.15) is 13.9 Å². The summed E-state index contributed by atoms with van der Waals surface area (Å²) in [5.74, 6) is -0.0108. The summed E-state index contributed by atoms with van der Waals surface area (Å²) in [6.45, 7) is 1.08. The maximum absolute atomic E-state index is 12.4. The van der Waals surface area contributed by atoms with E-state index in [1.807, 2.05) is 20.0 Å². The van der Waals surface area contributed by atoms with Crippen molar-refractivity contribution in [3.63, 3.8) is 0 Å². The molecule has 6 heteroatoms. The molecule has 0 amide bonds. The van der Waals surface area contributed by atoms with Crippen LogP contribution >= 0.6 is 0 Å². The van der Waals surface area contributed by atoms with Crippen LogP contribution in [0.4, 0.5) is 8.78 Å².